The lowest BCUT2D eigenvalue weighted by molar-refractivity contribution is -0.870. The zero-order valence-electron chi connectivity index (χ0n) is 54.6. The van der Waals surface area contributed by atoms with E-state index in [0.29, 0.717) is 17.4 Å². The third-order valence-corrected chi connectivity index (χ3v) is 15.1. The van der Waals surface area contributed by atoms with E-state index in [2.05, 4.69) is 148 Å². The third kappa shape index (κ3) is 67.3. The van der Waals surface area contributed by atoms with E-state index >= 15 is 0 Å². The lowest BCUT2D eigenvalue weighted by Gasteiger charge is -2.28. The maximum absolute atomic E-state index is 12.8. The molecule has 0 aromatic rings. The maximum Gasteiger partial charge on any atom is 0.306 e. The molecule has 0 aromatic heterocycles. The molecule has 480 valence electrons. The monoisotopic (exact) mass is 1190 g/mol. The Hall–Kier alpha value is -3.85. The zero-order valence-corrected chi connectivity index (χ0v) is 55.4. The van der Waals surface area contributed by atoms with Gasteiger partial charge in [0.1, 0.15) is 19.8 Å². The number of hydrogen-bond donors (Lipinski definition) is 0. The van der Waals surface area contributed by atoms with E-state index in [4.69, 9.17) is 18.5 Å². The van der Waals surface area contributed by atoms with Crippen molar-refractivity contribution in [2.45, 2.75) is 277 Å². The van der Waals surface area contributed by atoms with Crippen molar-refractivity contribution < 1.29 is 42.1 Å². The molecule has 10 heteroatoms. The van der Waals surface area contributed by atoms with E-state index < -0.39 is 26.5 Å². The number of phosphoric acid groups is 1. The van der Waals surface area contributed by atoms with Gasteiger partial charge in [0.25, 0.3) is 7.82 Å². The smallest absolute Gasteiger partial charge is 0.306 e. The van der Waals surface area contributed by atoms with Crippen LogP contribution < -0.4 is 4.89 Å². The Kier molecular flexibility index (Phi) is 60.7. The van der Waals surface area contributed by atoms with Gasteiger partial charge in [0.15, 0.2) is 6.10 Å². The Morgan fingerprint density at radius 1 is 0.369 bits per heavy atom. The van der Waals surface area contributed by atoms with Gasteiger partial charge in [-0.3, -0.25) is 14.2 Å². The van der Waals surface area contributed by atoms with E-state index in [1.165, 1.54) is 109 Å². The summed E-state index contributed by atoms with van der Waals surface area (Å²) in [5.74, 6) is -0.850. The average Bonchev–Trinajstić information content (AvgIpc) is 3.60. The predicted octanol–water partition coefficient (Wildman–Crippen LogP) is 21.4. The summed E-state index contributed by atoms with van der Waals surface area (Å²) < 4.78 is 34.3. The molecule has 0 aromatic carbocycles. The second-order valence-electron chi connectivity index (χ2n) is 23.4. The molecule has 0 aliphatic rings. The van der Waals surface area contributed by atoms with Crippen LogP contribution in [0.2, 0.25) is 0 Å². The number of carbonyl (C=O) groups excluding carboxylic acids is 2. The minimum absolute atomic E-state index is 0.0394. The summed E-state index contributed by atoms with van der Waals surface area (Å²) in [7, 11) is 1.15. The van der Waals surface area contributed by atoms with Crippen molar-refractivity contribution in [1.29, 1.82) is 0 Å². The van der Waals surface area contributed by atoms with Crippen LogP contribution in [0.1, 0.15) is 271 Å². The standard InChI is InChI=1S/C74H126NO8P/c1-6-8-10-12-14-16-18-20-22-24-26-28-30-32-33-34-35-36-37-38-39-40-41-43-44-46-48-50-52-54-56-58-60-62-64-66-73(76)80-70-72(71-82-84(78,79)81-69-68-75(3,4)5)83-74(77)67-65-63-61-59-57-55-53-51-49-47-45-42-31-29-27-25-23-21-19-17-15-13-11-9-7-2/h8-11,14-17,20-23,26-29,32-33,42,45,49,51,72H,6-7,12-13,18-19,24-25,30-31,34-41,43-44,46-48,50,52-71H2,1-5H3/b10-8-,11-9-,16-14-,17-15-,22-20-,23-21-,28-26-,29-27-,33-32-,45-42-,51-49-. The molecule has 0 amide bonds. The molecule has 0 N–H and O–H groups in total. The van der Waals surface area contributed by atoms with Gasteiger partial charge in [-0.1, -0.05) is 282 Å². The van der Waals surface area contributed by atoms with Gasteiger partial charge in [-0.25, -0.2) is 0 Å². The lowest BCUT2D eigenvalue weighted by atomic mass is 10.0. The first kappa shape index (κ1) is 80.2. The maximum atomic E-state index is 12.8. The Balaban J connectivity index is 4.07. The molecule has 0 bridgehead atoms. The number of esters is 2. The van der Waals surface area contributed by atoms with Crippen LogP contribution in [0.15, 0.2) is 134 Å². The fourth-order valence-corrected chi connectivity index (χ4v) is 9.77. The fourth-order valence-electron chi connectivity index (χ4n) is 9.04. The van der Waals surface area contributed by atoms with Crippen LogP contribution in [-0.2, 0) is 32.7 Å². The minimum Gasteiger partial charge on any atom is -0.756 e. The molecule has 0 aliphatic heterocycles. The van der Waals surface area contributed by atoms with Gasteiger partial charge in [-0.2, -0.15) is 0 Å². The molecule has 84 heavy (non-hydrogen) atoms. The van der Waals surface area contributed by atoms with Crippen molar-refractivity contribution in [1.82, 2.24) is 0 Å². The number of carbonyl (C=O) groups is 2. The molecule has 0 saturated carbocycles. The Labute approximate surface area is 517 Å². The minimum atomic E-state index is -4.65. The van der Waals surface area contributed by atoms with Crippen LogP contribution in [0.5, 0.6) is 0 Å². The van der Waals surface area contributed by atoms with E-state index in [0.717, 1.165) is 128 Å². The summed E-state index contributed by atoms with van der Waals surface area (Å²) in [6.07, 6.45) is 92.4. The van der Waals surface area contributed by atoms with Crippen molar-refractivity contribution in [2.75, 3.05) is 47.5 Å². The number of likely N-dealkylation sites (N-methyl/N-ethyl adjacent to an activating group) is 1. The summed E-state index contributed by atoms with van der Waals surface area (Å²) in [5, 5.41) is 0. The van der Waals surface area contributed by atoms with Crippen LogP contribution in [0.4, 0.5) is 0 Å². The number of hydrogen-bond acceptors (Lipinski definition) is 8. The number of allylic oxidation sites excluding steroid dienone is 22. The van der Waals surface area contributed by atoms with Gasteiger partial charge in [0, 0.05) is 12.8 Å². The molecule has 2 atom stereocenters. The highest BCUT2D eigenvalue weighted by Gasteiger charge is 2.22. The summed E-state index contributed by atoms with van der Waals surface area (Å²) in [5.41, 5.74) is 0. The number of phosphoric ester groups is 1. The second kappa shape index (κ2) is 63.6. The average molecular weight is 1190 g/mol. The molecule has 0 saturated heterocycles. The van der Waals surface area contributed by atoms with E-state index in [9.17, 15) is 19.0 Å². The largest absolute Gasteiger partial charge is 0.756 e. The van der Waals surface area contributed by atoms with Crippen LogP contribution >= 0.6 is 7.82 Å². The van der Waals surface area contributed by atoms with Gasteiger partial charge in [-0.05, 0) is 109 Å². The second-order valence-corrected chi connectivity index (χ2v) is 24.8. The fraction of sp³-hybridized carbons (Fsp3) is 0.676. The van der Waals surface area contributed by atoms with Gasteiger partial charge >= 0.3 is 11.9 Å². The number of ether oxygens (including phenoxy) is 2. The van der Waals surface area contributed by atoms with Gasteiger partial charge in [0.2, 0.25) is 0 Å². The highest BCUT2D eigenvalue weighted by Crippen LogP contribution is 2.38. The van der Waals surface area contributed by atoms with Crippen molar-refractivity contribution in [3.8, 4) is 0 Å². The molecular weight excluding hydrogens is 1060 g/mol. The molecule has 0 spiro atoms. The number of rotatable bonds is 61. The molecule has 9 nitrogen and oxygen atoms in total. The van der Waals surface area contributed by atoms with Crippen molar-refractivity contribution in [2.24, 2.45) is 0 Å². The summed E-state index contributed by atoms with van der Waals surface area (Å²) in [6.45, 7) is 4.00. The van der Waals surface area contributed by atoms with E-state index in [1.807, 2.05) is 21.1 Å². The van der Waals surface area contributed by atoms with Crippen molar-refractivity contribution in [3.63, 3.8) is 0 Å². The summed E-state index contributed by atoms with van der Waals surface area (Å²) >= 11 is 0. The number of quaternary nitrogens is 1. The summed E-state index contributed by atoms with van der Waals surface area (Å²) in [6, 6.07) is 0. The van der Waals surface area contributed by atoms with Gasteiger partial charge in [-0.15, -0.1) is 0 Å². The first-order chi connectivity index (χ1) is 41.0. The van der Waals surface area contributed by atoms with Crippen LogP contribution in [0.3, 0.4) is 0 Å². The normalized spacial score (nSPS) is 14.0. The molecule has 0 fully saturated rings. The third-order valence-electron chi connectivity index (χ3n) is 14.2. The Morgan fingerprint density at radius 2 is 0.643 bits per heavy atom. The SMILES string of the molecule is CC/C=C\C/C=C\C/C=C\C/C=C\C/C=C\C/C=C\CCCCCCCCC(=O)OC(COC(=O)CCCCCCCCCCCCCCCCCCCCC/C=C\C/C=C\C/C=C\C/C=C\C/C=C\CC)COP(=O)([O-])OCC[N+](C)(C)C. The molecular formula is C74H126NO8P. The molecule has 0 radical (unpaired) electrons. The highest BCUT2D eigenvalue weighted by atomic mass is 31.2. The first-order valence-corrected chi connectivity index (χ1v) is 35.4. The number of nitrogens with zero attached hydrogens (tertiary/aromatic N) is 1. The van der Waals surface area contributed by atoms with E-state index in [-0.39, 0.29) is 32.0 Å². The zero-order chi connectivity index (χ0) is 61.2. The predicted molar refractivity (Wildman–Crippen MR) is 360 cm³/mol. The van der Waals surface area contributed by atoms with Gasteiger partial charge < -0.3 is 27.9 Å². The molecule has 0 heterocycles. The molecule has 0 rings (SSSR count). The quantitative estimate of drug-likeness (QED) is 0.0195. The Bertz CT molecular complexity index is 1880. The lowest BCUT2D eigenvalue weighted by Crippen LogP contribution is -2.37. The van der Waals surface area contributed by atoms with Crippen LogP contribution in [-0.4, -0.2) is 70.0 Å². The topological polar surface area (TPSA) is 111 Å². The highest BCUT2D eigenvalue weighted by molar-refractivity contribution is 7.45. The van der Waals surface area contributed by atoms with Crippen molar-refractivity contribution >= 4 is 19.8 Å². The molecule has 2 unspecified atom stereocenters. The molecule has 0 aliphatic carbocycles. The van der Waals surface area contributed by atoms with Crippen LogP contribution in [0, 0.1) is 0 Å². The number of unbranched alkanes of at least 4 members (excludes halogenated alkanes) is 25. The summed E-state index contributed by atoms with van der Waals surface area (Å²) in [4.78, 5) is 38.0. The van der Waals surface area contributed by atoms with E-state index in [1.54, 1.807) is 0 Å². The van der Waals surface area contributed by atoms with Gasteiger partial charge in [0.05, 0.1) is 27.7 Å². The van der Waals surface area contributed by atoms with Crippen LogP contribution in [0.25, 0.3) is 0 Å². The Morgan fingerprint density at radius 3 is 0.952 bits per heavy atom. The first-order valence-electron chi connectivity index (χ1n) is 33.9. The van der Waals surface area contributed by atoms with Crippen molar-refractivity contribution in [3.05, 3.63) is 134 Å².